The number of carboxylic acids is 1. The molecular weight excluding hydrogens is 546 g/mol. The van der Waals surface area contributed by atoms with Gasteiger partial charge < -0.3 is 36.9 Å². The van der Waals surface area contributed by atoms with Gasteiger partial charge in [-0.3, -0.25) is 14.4 Å². The third-order valence-electron chi connectivity index (χ3n) is 6.66. The number of aliphatic carboxylic acids is 1. The number of carbonyl (C=O) groups is 4. The molecule has 1 heterocycles. The van der Waals surface area contributed by atoms with Gasteiger partial charge in [0.25, 0.3) is 0 Å². The normalized spacial score (nSPS) is 14.8. The average molecular weight is 584 g/mol. The van der Waals surface area contributed by atoms with Crippen molar-refractivity contribution in [2.24, 2.45) is 5.73 Å². The van der Waals surface area contributed by atoms with Crippen LogP contribution in [0.2, 0.25) is 0 Å². The second-order valence-electron chi connectivity index (χ2n) is 9.83. The molecule has 0 radical (unpaired) electrons. The Labute approximate surface area is 242 Å². The van der Waals surface area contributed by atoms with Crippen LogP contribution < -0.4 is 21.7 Å². The topological polar surface area (TPSA) is 187 Å². The Morgan fingerprint density at radius 3 is 2.17 bits per heavy atom. The highest BCUT2D eigenvalue weighted by Gasteiger charge is 2.32. The lowest BCUT2D eigenvalue weighted by atomic mass is 10.0. The maximum absolute atomic E-state index is 13.7. The van der Waals surface area contributed by atoms with Crippen molar-refractivity contribution in [3.63, 3.8) is 0 Å². The summed E-state index contributed by atoms with van der Waals surface area (Å²) in [6.07, 6.45) is 2.87. The fourth-order valence-corrected chi connectivity index (χ4v) is 4.85. The average Bonchev–Trinajstić information content (AvgIpc) is 3.36. The van der Waals surface area contributed by atoms with Crippen LogP contribution in [0, 0.1) is 0 Å². The highest BCUT2D eigenvalue weighted by Crippen LogP contribution is 2.19. The zero-order chi connectivity index (χ0) is 29.9. The molecule has 1 aromatic heterocycles. The minimum Gasteiger partial charge on any atom is -0.480 e. The fraction of sp³-hybridized carbons (Fsp3) is 0.379. The zero-order valence-corrected chi connectivity index (χ0v) is 23.8. The molecule has 5 unspecified atom stereocenters. The Bertz CT molecular complexity index is 1330. The first-order valence-corrected chi connectivity index (χ1v) is 14.7. The lowest BCUT2D eigenvalue weighted by molar-refractivity contribution is -0.145. The summed E-state index contributed by atoms with van der Waals surface area (Å²) in [6, 6.07) is 11.8. The van der Waals surface area contributed by atoms with E-state index in [1.165, 1.54) is 6.92 Å². The quantitative estimate of drug-likeness (QED) is 0.138. The number of carbonyl (C=O) groups excluding carboxylic acids is 3. The second kappa shape index (κ2) is 15.2. The molecule has 41 heavy (non-hydrogen) atoms. The molecule has 12 heteroatoms. The van der Waals surface area contributed by atoms with Crippen molar-refractivity contribution < 1.29 is 29.4 Å². The number of benzene rings is 2. The van der Waals surface area contributed by atoms with Crippen LogP contribution in [0.15, 0.2) is 60.8 Å². The molecule has 11 nitrogen and oxygen atoms in total. The number of carboxylic acid groups (broad SMARTS) is 1. The molecule has 0 aliphatic rings. The van der Waals surface area contributed by atoms with E-state index in [2.05, 4.69) is 20.9 Å². The first-order valence-electron chi connectivity index (χ1n) is 13.3. The van der Waals surface area contributed by atoms with E-state index in [9.17, 15) is 29.4 Å². The number of aromatic amines is 1. The summed E-state index contributed by atoms with van der Waals surface area (Å²) < 4.78 is 0. The molecule has 0 aliphatic heterocycles. The highest BCUT2D eigenvalue weighted by atomic mass is 32.2. The van der Waals surface area contributed by atoms with Gasteiger partial charge in [-0.1, -0.05) is 48.5 Å². The summed E-state index contributed by atoms with van der Waals surface area (Å²) in [5.41, 5.74) is 8.43. The van der Waals surface area contributed by atoms with Crippen molar-refractivity contribution in [3.05, 3.63) is 71.9 Å². The number of rotatable bonds is 15. The molecule has 3 aromatic rings. The smallest absolute Gasteiger partial charge is 0.328 e. The van der Waals surface area contributed by atoms with Crippen molar-refractivity contribution in [2.75, 3.05) is 12.0 Å². The van der Waals surface area contributed by atoms with Crippen LogP contribution in [-0.2, 0) is 32.0 Å². The molecule has 2 aromatic carbocycles. The van der Waals surface area contributed by atoms with Crippen LogP contribution in [0.3, 0.4) is 0 Å². The molecule has 3 rings (SSSR count). The van der Waals surface area contributed by atoms with Gasteiger partial charge in [0.15, 0.2) is 6.04 Å². The number of fused-ring (bicyclic) bond motifs is 1. The van der Waals surface area contributed by atoms with E-state index < -0.39 is 54.0 Å². The number of H-pyrrole nitrogens is 1. The van der Waals surface area contributed by atoms with Crippen LogP contribution in [0.4, 0.5) is 0 Å². The van der Waals surface area contributed by atoms with Gasteiger partial charge in [0, 0.05) is 29.9 Å². The molecule has 0 spiro atoms. The van der Waals surface area contributed by atoms with E-state index in [0.29, 0.717) is 17.7 Å². The SMILES string of the molecule is CSCCC(N)C(=O)NC(Cc1c[nH]c2ccccc12)C(=O)NC(Cc1ccccc1)C(=O)NC(C(=O)O)C(C)O. The third kappa shape index (κ3) is 9.07. The van der Waals surface area contributed by atoms with E-state index in [-0.39, 0.29) is 12.8 Å². The van der Waals surface area contributed by atoms with Gasteiger partial charge in [-0.15, -0.1) is 0 Å². The number of hydrogen-bond acceptors (Lipinski definition) is 7. The summed E-state index contributed by atoms with van der Waals surface area (Å²) in [7, 11) is 0. The zero-order valence-electron chi connectivity index (χ0n) is 23.0. The minimum absolute atomic E-state index is 0.0472. The monoisotopic (exact) mass is 583 g/mol. The number of para-hydroxylation sites is 1. The Balaban J connectivity index is 1.88. The predicted molar refractivity (Wildman–Crippen MR) is 158 cm³/mol. The molecule has 0 saturated carbocycles. The van der Waals surface area contributed by atoms with Crippen molar-refractivity contribution in [1.29, 1.82) is 0 Å². The highest BCUT2D eigenvalue weighted by molar-refractivity contribution is 7.98. The lowest BCUT2D eigenvalue weighted by Crippen LogP contribution is -2.59. The number of thioether (sulfide) groups is 1. The maximum Gasteiger partial charge on any atom is 0.328 e. The molecule has 0 aliphatic carbocycles. The van der Waals surface area contributed by atoms with Gasteiger partial charge in [-0.05, 0) is 42.5 Å². The summed E-state index contributed by atoms with van der Waals surface area (Å²) in [6.45, 7) is 1.25. The van der Waals surface area contributed by atoms with Gasteiger partial charge in [-0.25, -0.2) is 4.79 Å². The van der Waals surface area contributed by atoms with Crippen LogP contribution in [0.1, 0.15) is 24.5 Å². The number of nitrogens with one attached hydrogen (secondary N) is 4. The van der Waals surface area contributed by atoms with Gasteiger partial charge >= 0.3 is 5.97 Å². The maximum atomic E-state index is 13.7. The Morgan fingerprint density at radius 2 is 1.51 bits per heavy atom. The van der Waals surface area contributed by atoms with Crippen LogP contribution in [0.25, 0.3) is 10.9 Å². The summed E-state index contributed by atoms with van der Waals surface area (Å²) >= 11 is 1.55. The van der Waals surface area contributed by atoms with Crippen molar-refractivity contribution >= 4 is 46.4 Å². The van der Waals surface area contributed by atoms with Crippen molar-refractivity contribution in [1.82, 2.24) is 20.9 Å². The minimum atomic E-state index is -1.58. The number of aliphatic hydroxyl groups is 1. The van der Waals surface area contributed by atoms with Gasteiger partial charge in [0.1, 0.15) is 12.1 Å². The van der Waals surface area contributed by atoms with Gasteiger partial charge in [-0.2, -0.15) is 11.8 Å². The molecule has 0 bridgehead atoms. The number of nitrogens with two attached hydrogens (primary N) is 1. The predicted octanol–water partition coefficient (Wildman–Crippen LogP) is 0.953. The molecule has 220 valence electrons. The van der Waals surface area contributed by atoms with Crippen LogP contribution in [0.5, 0.6) is 0 Å². The number of hydrogen-bond donors (Lipinski definition) is 7. The third-order valence-corrected chi connectivity index (χ3v) is 7.31. The largest absolute Gasteiger partial charge is 0.480 e. The molecule has 5 atom stereocenters. The lowest BCUT2D eigenvalue weighted by Gasteiger charge is -2.26. The first-order chi connectivity index (χ1) is 19.6. The van der Waals surface area contributed by atoms with E-state index in [4.69, 9.17) is 5.73 Å². The number of aliphatic hydroxyl groups excluding tert-OH is 1. The second-order valence-corrected chi connectivity index (χ2v) is 10.8. The van der Waals surface area contributed by atoms with Crippen molar-refractivity contribution in [3.8, 4) is 0 Å². The molecule has 8 N–H and O–H groups in total. The Morgan fingerprint density at radius 1 is 0.902 bits per heavy atom. The van der Waals surface area contributed by atoms with Gasteiger partial charge in [0.2, 0.25) is 17.7 Å². The molecule has 3 amide bonds. The van der Waals surface area contributed by atoms with E-state index in [0.717, 1.165) is 16.5 Å². The Kier molecular flexibility index (Phi) is 11.7. The first kappa shape index (κ1) is 31.7. The van der Waals surface area contributed by atoms with Gasteiger partial charge in [0.05, 0.1) is 12.1 Å². The summed E-state index contributed by atoms with van der Waals surface area (Å²) in [5.74, 6) is -2.67. The molecule has 0 fully saturated rings. The molecule has 0 saturated heterocycles. The number of aromatic nitrogens is 1. The van der Waals surface area contributed by atoms with E-state index in [1.54, 1.807) is 48.3 Å². The van der Waals surface area contributed by atoms with Crippen LogP contribution >= 0.6 is 11.8 Å². The fourth-order valence-electron chi connectivity index (χ4n) is 4.36. The number of amides is 3. The van der Waals surface area contributed by atoms with Crippen LogP contribution in [-0.4, -0.2) is 81.2 Å². The summed E-state index contributed by atoms with van der Waals surface area (Å²) in [5, 5.41) is 28.0. The summed E-state index contributed by atoms with van der Waals surface area (Å²) in [4.78, 5) is 54.7. The van der Waals surface area contributed by atoms with E-state index in [1.807, 2.05) is 30.5 Å². The van der Waals surface area contributed by atoms with Crippen molar-refractivity contribution in [2.45, 2.75) is 56.5 Å². The molecular formula is C29H37N5O6S. The van der Waals surface area contributed by atoms with E-state index >= 15 is 0 Å². The Hall–Kier alpha value is -3.87. The standard InChI is InChI=1S/C29H37N5O6S/c1-17(35)25(29(39)40)34-28(38)23(14-18-8-4-3-5-9-18)33-27(37)24(32-26(36)21(30)12-13-41-2)15-19-16-31-22-11-7-6-10-20(19)22/h3-11,16-17,21,23-25,31,35H,12-15,30H2,1-2H3,(H,32,36)(H,33,37)(H,34,38)(H,39,40).